The second kappa shape index (κ2) is 5.99. The summed E-state index contributed by atoms with van der Waals surface area (Å²) in [5.41, 5.74) is 2.42. The lowest BCUT2D eigenvalue weighted by atomic mass is 9.95. The molecule has 6 heteroatoms. The summed E-state index contributed by atoms with van der Waals surface area (Å²) < 4.78 is 1.79. The fourth-order valence-electron chi connectivity index (χ4n) is 3.02. The van der Waals surface area contributed by atoms with Crippen molar-refractivity contribution >= 4 is 17.2 Å². The number of nitrogens with zero attached hydrogens (tertiary/aromatic N) is 3. The lowest BCUT2D eigenvalue weighted by molar-refractivity contribution is -0.127. The van der Waals surface area contributed by atoms with E-state index in [1.807, 2.05) is 31.4 Å². The van der Waals surface area contributed by atoms with Crippen LogP contribution in [0.4, 0.5) is 0 Å². The van der Waals surface area contributed by atoms with Crippen molar-refractivity contribution in [1.29, 1.82) is 0 Å². The molecule has 0 radical (unpaired) electrons. The fraction of sp³-hybridized carbons (Fsp3) is 0.467. The van der Waals surface area contributed by atoms with Crippen LogP contribution in [0, 0.1) is 5.92 Å². The van der Waals surface area contributed by atoms with E-state index in [0.717, 1.165) is 18.7 Å². The molecule has 0 bridgehead atoms. The van der Waals surface area contributed by atoms with Crippen molar-refractivity contribution in [2.75, 3.05) is 13.6 Å². The fourth-order valence-corrected chi connectivity index (χ4v) is 3.69. The van der Waals surface area contributed by atoms with Gasteiger partial charge in [0.1, 0.15) is 0 Å². The lowest BCUT2D eigenvalue weighted by Crippen LogP contribution is -2.28. The SMILES string of the molecule is CN1C(=O)C[C@@H](CNCc2ccsc2)[C@@H]1c1cnn(C)c1. The van der Waals surface area contributed by atoms with Gasteiger partial charge in [0.15, 0.2) is 0 Å². The molecule has 112 valence electrons. The molecule has 0 saturated carbocycles. The van der Waals surface area contributed by atoms with Crippen LogP contribution in [0.5, 0.6) is 0 Å². The van der Waals surface area contributed by atoms with Gasteiger partial charge in [0.2, 0.25) is 5.91 Å². The molecule has 2 aromatic rings. The van der Waals surface area contributed by atoms with Crippen molar-refractivity contribution in [3.63, 3.8) is 0 Å². The van der Waals surface area contributed by atoms with Crippen molar-refractivity contribution in [1.82, 2.24) is 20.0 Å². The summed E-state index contributed by atoms with van der Waals surface area (Å²) in [6.07, 6.45) is 4.48. The number of carbonyl (C=O) groups excluding carboxylic acids is 1. The average molecular weight is 304 g/mol. The van der Waals surface area contributed by atoms with Crippen LogP contribution in [0.2, 0.25) is 0 Å². The third kappa shape index (κ3) is 3.01. The van der Waals surface area contributed by atoms with Gasteiger partial charge in [0, 0.05) is 51.3 Å². The molecular weight excluding hydrogens is 284 g/mol. The first-order valence-corrected chi connectivity index (χ1v) is 8.05. The van der Waals surface area contributed by atoms with Crippen molar-refractivity contribution in [2.24, 2.45) is 13.0 Å². The summed E-state index contributed by atoms with van der Waals surface area (Å²) >= 11 is 1.71. The highest BCUT2D eigenvalue weighted by Gasteiger charge is 2.38. The summed E-state index contributed by atoms with van der Waals surface area (Å²) in [6.45, 7) is 1.70. The van der Waals surface area contributed by atoms with E-state index < -0.39 is 0 Å². The zero-order valence-electron chi connectivity index (χ0n) is 12.3. The van der Waals surface area contributed by atoms with Crippen molar-refractivity contribution in [3.8, 4) is 0 Å². The predicted octanol–water partition coefficient (Wildman–Crippen LogP) is 1.79. The van der Waals surface area contributed by atoms with Crippen LogP contribution in [0.1, 0.15) is 23.6 Å². The number of aryl methyl sites for hydroxylation is 1. The largest absolute Gasteiger partial charge is 0.338 e. The van der Waals surface area contributed by atoms with Crippen molar-refractivity contribution in [2.45, 2.75) is 19.0 Å². The second-order valence-electron chi connectivity index (χ2n) is 5.62. The third-order valence-corrected chi connectivity index (χ3v) is 4.81. The van der Waals surface area contributed by atoms with Crippen LogP contribution in [-0.2, 0) is 18.4 Å². The Kier molecular flexibility index (Phi) is 4.07. The van der Waals surface area contributed by atoms with E-state index in [2.05, 4.69) is 27.2 Å². The Bertz CT molecular complexity index is 607. The van der Waals surface area contributed by atoms with Gasteiger partial charge in [-0.25, -0.2) is 0 Å². The molecule has 5 nitrogen and oxygen atoms in total. The van der Waals surface area contributed by atoms with Gasteiger partial charge in [-0.1, -0.05) is 0 Å². The molecule has 1 fully saturated rings. The maximum absolute atomic E-state index is 12.0. The lowest BCUT2D eigenvalue weighted by Gasteiger charge is -2.24. The van der Waals surface area contributed by atoms with Crippen molar-refractivity contribution in [3.05, 3.63) is 40.3 Å². The molecule has 1 amide bonds. The molecule has 0 aromatic carbocycles. The van der Waals surface area contributed by atoms with Gasteiger partial charge in [-0.3, -0.25) is 9.48 Å². The van der Waals surface area contributed by atoms with Gasteiger partial charge in [-0.05, 0) is 22.4 Å². The first-order chi connectivity index (χ1) is 10.1. The number of carbonyl (C=O) groups is 1. The molecule has 1 aliphatic rings. The minimum Gasteiger partial charge on any atom is -0.338 e. The molecule has 3 heterocycles. The topological polar surface area (TPSA) is 50.2 Å². The number of hydrogen-bond acceptors (Lipinski definition) is 4. The molecule has 0 unspecified atom stereocenters. The molecule has 3 rings (SSSR count). The smallest absolute Gasteiger partial charge is 0.223 e. The molecule has 0 aliphatic carbocycles. The summed E-state index contributed by atoms with van der Waals surface area (Å²) in [6, 6.07) is 2.25. The van der Waals surface area contributed by atoms with E-state index in [1.165, 1.54) is 5.56 Å². The highest BCUT2D eigenvalue weighted by Crippen LogP contribution is 2.36. The Morgan fingerprint density at radius 2 is 2.33 bits per heavy atom. The zero-order valence-corrected chi connectivity index (χ0v) is 13.1. The van der Waals surface area contributed by atoms with Crippen LogP contribution in [-0.4, -0.2) is 34.2 Å². The van der Waals surface area contributed by atoms with Gasteiger partial charge < -0.3 is 10.2 Å². The van der Waals surface area contributed by atoms with E-state index in [9.17, 15) is 4.79 Å². The molecule has 1 aliphatic heterocycles. The van der Waals surface area contributed by atoms with E-state index in [1.54, 1.807) is 16.0 Å². The Hall–Kier alpha value is -1.66. The maximum Gasteiger partial charge on any atom is 0.223 e. The predicted molar refractivity (Wildman–Crippen MR) is 82.9 cm³/mol. The number of thiophene rings is 1. The van der Waals surface area contributed by atoms with Gasteiger partial charge in [0.25, 0.3) is 0 Å². The Balaban J connectivity index is 1.66. The quantitative estimate of drug-likeness (QED) is 0.916. The molecule has 1 N–H and O–H groups in total. The van der Waals surface area contributed by atoms with Crippen LogP contribution in [0.15, 0.2) is 29.2 Å². The zero-order chi connectivity index (χ0) is 14.8. The average Bonchev–Trinajstić information content (AvgIpc) is 3.15. The van der Waals surface area contributed by atoms with E-state index in [-0.39, 0.29) is 11.9 Å². The number of nitrogens with one attached hydrogen (secondary N) is 1. The maximum atomic E-state index is 12.0. The minimum atomic E-state index is 0.126. The summed E-state index contributed by atoms with van der Waals surface area (Å²) in [5.74, 6) is 0.511. The summed E-state index contributed by atoms with van der Waals surface area (Å²) in [4.78, 5) is 13.9. The molecular formula is C15H20N4OS. The minimum absolute atomic E-state index is 0.126. The number of amides is 1. The molecule has 2 atom stereocenters. The van der Waals surface area contributed by atoms with E-state index >= 15 is 0 Å². The monoisotopic (exact) mass is 304 g/mol. The standard InChI is InChI=1S/C15H20N4OS/c1-18-9-13(8-17-18)15-12(5-14(20)19(15)2)7-16-6-11-3-4-21-10-11/h3-4,8-10,12,15-16H,5-7H2,1-2H3/t12-,15+/m0/s1. The van der Waals surface area contributed by atoms with E-state index in [4.69, 9.17) is 0 Å². The Morgan fingerprint density at radius 1 is 1.48 bits per heavy atom. The van der Waals surface area contributed by atoms with E-state index in [0.29, 0.717) is 12.3 Å². The summed E-state index contributed by atoms with van der Waals surface area (Å²) in [7, 11) is 3.79. The highest BCUT2D eigenvalue weighted by molar-refractivity contribution is 7.07. The van der Waals surface area contributed by atoms with Crippen LogP contribution < -0.4 is 5.32 Å². The molecule has 21 heavy (non-hydrogen) atoms. The highest BCUT2D eigenvalue weighted by atomic mass is 32.1. The number of likely N-dealkylation sites (tertiary alicyclic amines) is 1. The second-order valence-corrected chi connectivity index (χ2v) is 6.40. The van der Waals surface area contributed by atoms with Gasteiger partial charge in [-0.15, -0.1) is 0 Å². The third-order valence-electron chi connectivity index (χ3n) is 4.08. The van der Waals surface area contributed by atoms with Gasteiger partial charge in [-0.2, -0.15) is 16.4 Å². The number of aromatic nitrogens is 2. The Labute approximate surface area is 128 Å². The van der Waals surface area contributed by atoms with Crippen molar-refractivity contribution < 1.29 is 4.79 Å². The molecule has 2 aromatic heterocycles. The van der Waals surface area contributed by atoms with Gasteiger partial charge in [0.05, 0.1) is 12.2 Å². The number of rotatable bonds is 5. The van der Waals surface area contributed by atoms with Crippen LogP contribution >= 0.6 is 11.3 Å². The van der Waals surface area contributed by atoms with Gasteiger partial charge >= 0.3 is 0 Å². The Morgan fingerprint density at radius 3 is 3.00 bits per heavy atom. The molecule has 0 spiro atoms. The first kappa shape index (κ1) is 14.3. The van der Waals surface area contributed by atoms with Crippen LogP contribution in [0.3, 0.4) is 0 Å². The normalized spacial score (nSPS) is 22.2. The summed E-state index contributed by atoms with van der Waals surface area (Å²) in [5, 5.41) is 11.9. The first-order valence-electron chi connectivity index (χ1n) is 7.11. The number of hydrogen-bond donors (Lipinski definition) is 1. The van der Waals surface area contributed by atoms with Crippen LogP contribution in [0.25, 0.3) is 0 Å². The molecule has 1 saturated heterocycles.